The number of hydrogen-bond donors (Lipinski definition) is 1. The molecule has 10 heteroatoms. The maximum absolute atomic E-state index is 9.57. The first-order valence-corrected chi connectivity index (χ1v) is 14.5. The van der Waals surface area contributed by atoms with Gasteiger partial charge in [0, 0.05) is 30.9 Å². The predicted molar refractivity (Wildman–Crippen MR) is 173 cm³/mol. The van der Waals surface area contributed by atoms with Gasteiger partial charge in [-0.2, -0.15) is 14.8 Å². The number of aryl methyl sites for hydroxylation is 1. The highest BCUT2D eigenvalue weighted by Crippen LogP contribution is 2.27. The van der Waals surface area contributed by atoms with Gasteiger partial charge in [-0.3, -0.25) is 4.98 Å². The predicted octanol–water partition coefficient (Wildman–Crippen LogP) is 6.20. The molecule has 45 heavy (non-hydrogen) atoms. The summed E-state index contributed by atoms with van der Waals surface area (Å²) < 4.78 is 12.5. The van der Waals surface area contributed by atoms with E-state index < -0.39 is 0 Å². The van der Waals surface area contributed by atoms with Gasteiger partial charge in [0.1, 0.15) is 11.5 Å². The topological polar surface area (TPSA) is 113 Å². The maximum atomic E-state index is 9.57. The van der Waals surface area contributed by atoms with Crippen LogP contribution in [-0.2, 0) is 19.6 Å². The number of aromatic nitrogens is 5. The van der Waals surface area contributed by atoms with Crippen molar-refractivity contribution in [1.82, 2.24) is 24.6 Å². The van der Waals surface area contributed by atoms with Gasteiger partial charge >= 0.3 is 0 Å². The standard InChI is InChI=1S/C35H32N8O2/c1-24-6-5-17-37-32(24)21-38-34-40-33-19-31(28-8-4-7-27(18-28)20-36)39-35(43(33)41-34)42(22-25-9-13-29(44-2)14-10-25)23-26-11-15-30(45-3)16-12-26/h4-19H,21-23H2,1-3H3,(H,38,41). The zero-order valence-corrected chi connectivity index (χ0v) is 25.3. The second kappa shape index (κ2) is 13.1. The van der Waals surface area contributed by atoms with Crippen molar-refractivity contribution in [2.75, 3.05) is 24.4 Å². The molecule has 6 aromatic rings. The van der Waals surface area contributed by atoms with E-state index in [9.17, 15) is 5.26 Å². The van der Waals surface area contributed by atoms with Gasteiger partial charge in [0.2, 0.25) is 11.9 Å². The van der Waals surface area contributed by atoms with Crippen molar-refractivity contribution in [3.05, 3.63) is 125 Å². The fraction of sp³-hybridized carbons (Fsp3) is 0.171. The Balaban J connectivity index is 1.46. The van der Waals surface area contributed by atoms with Gasteiger partial charge < -0.3 is 19.7 Å². The Kier molecular flexibility index (Phi) is 8.51. The molecule has 3 aromatic heterocycles. The van der Waals surface area contributed by atoms with E-state index in [-0.39, 0.29) is 0 Å². The Morgan fingerprint density at radius 2 is 1.53 bits per heavy atom. The third-order valence-electron chi connectivity index (χ3n) is 7.47. The molecular weight excluding hydrogens is 564 g/mol. The molecule has 0 spiro atoms. The van der Waals surface area contributed by atoms with E-state index in [1.807, 2.05) is 91.9 Å². The van der Waals surface area contributed by atoms with E-state index in [0.717, 1.165) is 39.4 Å². The van der Waals surface area contributed by atoms with E-state index in [1.54, 1.807) is 31.0 Å². The van der Waals surface area contributed by atoms with Crippen molar-refractivity contribution in [3.8, 4) is 28.8 Å². The van der Waals surface area contributed by atoms with Crippen LogP contribution in [0.2, 0.25) is 0 Å². The first kappa shape index (κ1) is 29.1. The summed E-state index contributed by atoms with van der Waals surface area (Å²) in [5.41, 5.74) is 6.81. The molecule has 1 N–H and O–H groups in total. The van der Waals surface area contributed by atoms with Gasteiger partial charge in [0.15, 0.2) is 5.65 Å². The Morgan fingerprint density at radius 3 is 2.16 bits per heavy atom. The quantitative estimate of drug-likeness (QED) is 0.187. The number of ether oxygens (including phenoxy) is 2. The maximum Gasteiger partial charge on any atom is 0.243 e. The van der Waals surface area contributed by atoms with E-state index in [2.05, 4.69) is 21.3 Å². The number of nitrogens with one attached hydrogen (secondary N) is 1. The first-order valence-electron chi connectivity index (χ1n) is 14.5. The summed E-state index contributed by atoms with van der Waals surface area (Å²) in [6.45, 7) is 3.58. The molecule has 0 atom stereocenters. The zero-order valence-electron chi connectivity index (χ0n) is 25.3. The van der Waals surface area contributed by atoms with Gasteiger partial charge in [-0.05, 0) is 66.1 Å². The van der Waals surface area contributed by atoms with Gasteiger partial charge in [0.25, 0.3) is 0 Å². The normalized spacial score (nSPS) is 10.8. The Labute approximate surface area is 261 Å². The van der Waals surface area contributed by atoms with Crippen LogP contribution < -0.4 is 19.7 Å². The van der Waals surface area contributed by atoms with Crippen LogP contribution in [0.15, 0.2) is 97.2 Å². The SMILES string of the molecule is COc1ccc(CN(Cc2ccc(OC)cc2)c2nc(-c3cccc(C#N)c3)cc3nc(NCc4ncccc4C)nn23)cc1. The monoisotopic (exact) mass is 596 g/mol. The molecule has 10 nitrogen and oxygen atoms in total. The number of nitriles is 1. The highest BCUT2D eigenvalue weighted by atomic mass is 16.5. The number of hydrogen-bond acceptors (Lipinski definition) is 9. The molecule has 0 unspecified atom stereocenters. The Bertz CT molecular complexity index is 1910. The lowest BCUT2D eigenvalue weighted by molar-refractivity contribution is 0.414. The molecule has 224 valence electrons. The van der Waals surface area contributed by atoms with E-state index in [4.69, 9.17) is 24.5 Å². The Hall–Kier alpha value is -5.95. The van der Waals surface area contributed by atoms with Crippen LogP contribution in [0.4, 0.5) is 11.9 Å². The summed E-state index contributed by atoms with van der Waals surface area (Å²) in [7, 11) is 3.31. The molecule has 0 amide bonds. The third-order valence-corrected chi connectivity index (χ3v) is 7.47. The second-order valence-corrected chi connectivity index (χ2v) is 10.5. The molecule has 0 saturated heterocycles. The molecule has 0 saturated carbocycles. The number of fused-ring (bicyclic) bond motifs is 1. The van der Waals surface area contributed by atoms with Crippen LogP contribution >= 0.6 is 0 Å². The lowest BCUT2D eigenvalue weighted by Gasteiger charge is -2.25. The molecule has 6 rings (SSSR count). The van der Waals surface area contributed by atoms with Crippen LogP contribution in [0.5, 0.6) is 11.5 Å². The zero-order chi connectivity index (χ0) is 31.2. The number of methoxy groups -OCH3 is 2. The van der Waals surface area contributed by atoms with Crippen LogP contribution in [0.3, 0.4) is 0 Å². The number of anilines is 2. The summed E-state index contributed by atoms with van der Waals surface area (Å²) in [5.74, 6) is 2.64. The van der Waals surface area contributed by atoms with Crippen molar-refractivity contribution >= 4 is 17.5 Å². The van der Waals surface area contributed by atoms with Crippen molar-refractivity contribution < 1.29 is 9.47 Å². The van der Waals surface area contributed by atoms with Crippen LogP contribution in [0, 0.1) is 18.3 Å². The van der Waals surface area contributed by atoms with E-state index in [0.29, 0.717) is 48.4 Å². The van der Waals surface area contributed by atoms with Crippen LogP contribution in [0.25, 0.3) is 16.9 Å². The van der Waals surface area contributed by atoms with Crippen molar-refractivity contribution in [2.45, 2.75) is 26.6 Å². The second-order valence-electron chi connectivity index (χ2n) is 10.5. The molecule has 0 aliphatic carbocycles. The number of rotatable bonds is 11. The van der Waals surface area contributed by atoms with E-state index >= 15 is 0 Å². The fourth-order valence-electron chi connectivity index (χ4n) is 5.02. The molecule has 0 bridgehead atoms. The average molecular weight is 597 g/mol. The van der Waals surface area contributed by atoms with Crippen molar-refractivity contribution in [1.29, 1.82) is 5.26 Å². The highest BCUT2D eigenvalue weighted by Gasteiger charge is 2.20. The van der Waals surface area contributed by atoms with Gasteiger partial charge in [-0.15, -0.1) is 5.10 Å². The van der Waals surface area contributed by atoms with E-state index in [1.165, 1.54) is 0 Å². The van der Waals surface area contributed by atoms with Crippen LogP contribution in [-0.4, -0.2) is 38.8 Å². The highest BCUT2D eigenvalue weighted by molar-refractivity contribution is 5.68. The van der Waals surface area contributed by atoms with Gasteiger partial charge in [-0.25, -0.2) is 4.98 Å². The smallest absolute Gasteiger partial charge is 0.243 e. The number of nitrogens with zero attached hydrogens (tertiary/aromatic N) is 7. The largest absolute Gasteiger partial charge is 0.497 e. The lowest BCUT2D eigenvalue weighted by atomic mass is 10.1. The van der Waals surface area contributed by atoms with Gasteiger partial charge in [0.05, 0.1) is 43.8 Å². The first-order chi connectivity index (χ1) is 22.0. The molecule has 0 aliphatic rings. The van der Waals surface area contributed by atoms with Gasteiger partial charge in [-0.1, -0.05) is 42.5 Å². The summed E-state index contributed by atoms with van der Waals surface area (Å²) in [6.07, 6.45) is 1.78. The van der Waals surface area contributed by atoms with Crippen molar-refractivity contribution in [2.24, 2.45) is 0 Å². The minimum absolute atomic E-state index is 0.458. The molecule has 0 fully saturated rings. The van der Waals surface area contributed by atoms with Crippen LogP contribution in [0.1, 0.15) is 27.9 Å². The number of pyridine rings is 1. The minimum atomic E-state index is 0.458. The summed E-state index contributed by atoms with van der Waals surface area (Å²) >= 11 is 0. The molecule has 0 aliphatic heterocycles. The molecule has 3 heterocycles. The van der Waals surface area contributed by atoms with Crippen molar-refractivity contribution in [3.63, 3.8) is 0 Å². The summed E-state index contributed by atoms with van der Waals surface area (Å²) in [6, 6.07) is 31.5. The summed E-state index contributed by atoms with van der Waals surface area (Å²) in [5, 5.41) is 17.8. The fourth-order valence-corrected chi connectivity index (χ4v) is 5.02. The minimum Gasteiger partial charge on any atom is -0.497 e. The Morgan fingerprint density at radius 1 is 0.844 bits per heavy atom. The molecule has 3 aromatic carbocycles. The lowest BCUT2D eigenvalue weighted by Crippen LogP contribution is -2.26. The summed E-state index contributed by atoms with van der Waals surface area (Å²) in [4.78, 5) is 16.6. The third kappa shape index (κ3) is 6.68. The average Bonchev–Trinajstić information content (AvgIpc) is 3.51. The molecular formula is C35H32N8O2. The molecule has 0 radical (unpaired) electrons. The number of benzene rings is 3.